The minimum atomic E-state index is 0.925. The summed E-state index contributed by atoms with van der Waals surface area (Å²) >= 11 is 0. The zero-order valence-corrected chi connectivity index (χ0v) is 9.64. The molecule has 0 aromatic carbocycles. The minimum Gasteiger partial charge on any atom is -0.319 e. The molecule has 0 amide bonds. The first-order valence-corrected chi connectivity index (χ1v) is 5.40. The summed E-state index contributed by atoms with van der Waals surface area (Å²) in [4.78, 5) is 4.29. The van der Waals surface area contributed by atoms with Crippen LogP contribution in [-0.4, -0.2) is 28.4 Å². The van der Waals surface area contributed by atoms with Crippen LogP contribution in [0.25, 0.3) is 11.4 Å². The number of pyridine rings is 1. The zero-order chi connectivity index (χ0) is 11.4. The molecule has 16 heavy (non-hydrogen) atoms. The van der Waals surface area contributed by atoms with Gasteiger partial charge in [-0.3, -0.25) is 9.67 Å². The number of nitrogens with zero attached hydrogens (tertiary/aromatic N) is 3. The highest BCUT2D eigenvalue weighted by Crippen LogP contribution is 2.15. The van der Waals surface area contributed by atoms with Crippen molar-refractivity contribution in [2.75, 3.05) is 13.6 Å². The van der Waals surface area contributed by atoms with E-state index in [9.17, 15) is 0 Å². The van der Waals surface area contributed by atoms with Crippen LogP contribution in [0.5, 0.6) is 0 Å². The van der Waals surface area contributed by atoms with E-state index < -0.39 is 0 Å². The van der Waals surface area contributed by atoms with Gasteiger partial charge in [-0.15, -0.1) is 0 Å². The summed E-state index contributed by atoms with van der Waals surface area (Å²) in [6.07, 6.45) is 2.77. The van der Waals surface area contributed by atoms with E-state index in [1.807, 2.05) is 37.0 Å². The van der Waals surface area contributed by atoms with Crippen LogP contribution in [0.4, 0.5) is 0 Å². The van der Waals surface area contributed by atoms with Crippen molar-refractivity contribution >= 4 is 0 Å². The standard InChI is InChI=1S/C12H16N4/c1-13-8-6-10-9-12(15-16(10)2)11-5-3-4-7-14-11/h3-5,7,9,13H,6,8H2,1-2H3. The van der Waals surface area contributed by atoms with Gasteiger partial charge in [-0.05, 0) is 25.2 Å². The highest BCUT2D eigenvalue weighted by Gasteiger charge is 2.06. The van der Waals surface area contributed by atoms with Gasteiger partial charge in [0, 0.05) is 31.9 Å². The molecule has 0 radical (unpaired) electrons. The monoisotopic (exact) mass is 216 g/mol. The lowest BCUT2D eigenvalue weighted by Crippen LogP contribution is -2.12. The SMILES string of the molecule is CNCCc1cc(-c2ccccn2)nn1C. The van der Waals surface area contributed by atoms with Gasteiger partial charge in [-0.2, -0.15) is 5.10 Å². The third kappa shape index (κ3) is 2.28. The second kappa shape index (κ2) is 4.90. The van der Waals surface area contributed by atoms with Gasteiger partial charge in [0.25, 0.3) is 0 Å². The third-order valence-electron chi connectivity index (χ3n) is 2.54. The number of nitrogens with one attached hydrogen (secondary N) is 1. The summed E-state index contributed by atoms with van der Waals surface area (Å²) < 4.78 is 1.92. The van der Waals surface area contributed by atoms with Crippen molar-refractivity contribution in [2.45, 2.75) is 6.42 Å². The minimum absolute atomic E-state index is 0.925. The molecule has 0 atom stereocenters. The van der Waals surface area contributed by atoms with Gasteiger partial charge < -0.3 is 5.32 Å². The molecule has 84 valence electrons. The number of likely N-dealkylation sites (N-methyl/N-ethyl adjacent to an activating group) is 1. The molecule has 0 spiro atoms. The summed E-state index contributed by atoms with van der Waals surface area (Å²) in [6, 6.07) is 7.96. The molecule has 0 saturated carbocycles. The van der Waals surface area contributed by atoms with E-state index in [1.165, 1.54) is 5.69 Å². The van der Waals surface area contributed by atoms with Gasteiger partial charge in [0.05, 0.1) is 5.69 Å². The normalized spacial score (nSPS) is 10.6. The number of aryl methyl sites for hydroxylation is 1. The molecule has 2 rings (SSSR count). The van der Waals surface area contributed by atoms with Crippen molar-refractivity contribution < 1.29 is 0 Å². The quantitative estimate of drug-likeness (QED) is 0.836. The van der Waals surface area contributed by atoms with E-state index in [1.54, 1.807) is 6.20 Å². The Balaban J connectivity index is 2.24. The summed E-state index contributed by atoms with van der Waals surface area (Å²) in [5, 5.41) is 7.60. The fourth-order valence-corrected chi connectivity index (χ4v) is 1.63. The van der Waals surface area contributed by atoms with Crippen molar-refractivity contribution in [3.63, 3.8) is 0 Å². The van der Waals surface area contributed by atoms with Crippen molar-refractivity contribution in [3.05, 3.63) is 36.2 Å². The Bertz CT molecular complexity index is 447. The van der Waals surface area contributed by atoms with Crippen molar-refractivity contribution in [1.82, 2.24) is 20.1 Å². The molecule has 0 bridgehead atoms. The van der Waals surface area contributed by atoms with E-state index in [0.717, 1.165) is 24.4 Å². The fraction of sp³-hybridized carbons (Fsp3) is 0.333. The molecule has 2 aromatic rings. The first-order valence-electron chi connectivity index (χ1n) is 5.40. The highest BCUT2D eigenvalue weighted by molar-refractivity contribution is 5.53. The Kier molecular flexibility index (Phi) is 3.31. The molecule has 4 nitrogen and oxygen atoms in total. The molecule has 2 aromatic heterocycles. The molecule has 0 unspecified atom stereocenters. The molecular formula is C12H16N4. The maximum Gasteiger partial charge on any atom is 0.111 e. The second-order valence-electron chi connectivity index (χ2n) is 3.71. The molecular weight excluding hydrogens is 200 g/mol. The Hall–Kier alpha value is -1.68. The predicted molar refractivity (Wildman–Crippen MR) is 64.1 cm³/mol. The Labute approximate surface area is 95.3 Å². The van der Waals surface area contributed by atoms with Crippen LogP contribution >= 0.6 is 0 Å². The average molecular weight is 216 g/mol. The number of rotatable bonds is 4. The summed E-state index contributed by atoms with van der Waals surface area (Å²) in [5.74, 6) is 0. The fourth-order valence-electron chi connectivity index (χ4n) is 1.63. The molecule has 4 heteroatoms. The topological polar surface area (TPSA) is 42.7 Å². The first-order chi connectivity index (χ1) is 7.81. The predicted octanol–water partition coefficient (Wildman–Crippen LogP) is 1.24. The molecule has 0 aliphatic heterocycles. The molecule has 0 fully saturated rings. The highest BCUT2D eigenvalue weighted by atomic mass is 15.3. The molecule has 0 aliphatic carbocycles. The summed E-state index contributed by atoms with van der Waals surface area (Å²) in [5.41, 5.74) is 3.08. The van der Waals surface area contributed by atoms with E-state index in [4.69, 9.17) is 0 Å². The van der Waals surface area contributed by atoms with Gasteiger partial charge in [-0.25, -0.2) is 0 Å². The van der Waals surface area contributed by atoms with Crippen molar-refractivity contribution in [1.29, 1.82) is 0 Å². The van der Waals surface area contributed by atoms with Gasteiger partial charge >= 0.3 is 0 Å². The van der Waals surface area contributed by atoms with Crippen LogP contribution in [0.3, 0.4) is 0 Å². The maximum atomic E-state index is 4.46. The first kappa shape index (κ1) is 10.8. The van der Waals surface area contributed by atoms with E-state index in [2.05, 4.69) is 21.5 Å². The second-order valence-corrected chi connectivity index (χ2v) is 3.71. The van der Waals surface area contributed by atoms with E-state index in [0.29, 0.717) is 0 Å². The van der Waals surface area contributed by atoms with Gasteiger partial charge in [0.15, 0.2) is 0 Å². The molecule has 2 heterocycles. The van der Waals surface area contributed by atoms with Gasteiger partial charge in [-0.1, -0.05) is 6.07 Å². The lowest BCUT2D eigenvalue weighted by molar-refractivity contribution is 0.682. The van der Waals surface area contributed by atoms with Crippen LogP contribution in [0, 0.1) is 0 Å². The van der Waals surface area contributed by atoms with E-state index in [-0.39, 0.29) is 0 Å². The maximum absolute atomic E-state index is 4.46. The van der Waals surface area contributed by atoms with Crippen LogP contribution in [0.1, 0.15) is 5.69 Å². The van der Waals surface area contributed by atoms with Crippen LogP contribution in [0.2, 0.25) is 0 Å². The smallest absolute Gasteiger partial charge is 0.111 e. The zero-order valence-electron chi connectivity index (χ0n) is 9.64. The lowest BCUT2D eigenvalue weighted by Gasteiger charge is -1.99. The summed E-state index contributed by atoms with van der Waals surface area (Å²) in [6.45, 7) is 0.960. The Morgan fingerprint density at radius 3 is 2.88 bits per heavy atom. The van der Waals surface area contributed by atoms with Crippen LogP contribution < -0.4 is 5.32 Å². The Morgan fingerprint density at radius 1 is 1.31 bits per heavy atom. The number of hydrogen-bond acceptors (Lipinski definition) is 3. The molecule has 0 aliphatic rings. The summed E-state index contributed by atoms with van der Waals surface area (Å²) in [7, 11) is 3.92. The number of hydrogen-bond donors (Lipinski definition) is 1. The molecule has 0 saturated heterocycles. The Morgan fingerprint density at radius 2 is 2.19 bits per heavy atom. The third-order valence-corrected chi connectivity index (χ3v) is 2.54. The van der Waals surface area contributed by atoms with Crippen molar-refractivity contribution in [2.24, 2.45) is 7.05 Å². The van der Waals surface area contributed by atoms with Crippen LogP contribution in [0.15, 0.2) is 30.5 Å². The van der Waals surface area contributed by atoms with Crippen LogP contribution in [-0.2, 0) is 13.5 Å². The van der Waals surface area contributed by atoms with Crippen molar-refractivity contribution in [3.8, 4) is 11.4 Å². The van der Waals surface area contributed by atoms with Gasteiger partial charge in [0.1, 0.15) is 5.69 Å². The van der Waals surface area contributed by atoms with E-state index >= 15 is 0 Å². The largest absolute Gasteiger partial charge is 0.319 e. The van der Waals surface area contributed by atoms with Gasteiger partial charge in [0.2, 0.25) is 0 Å². The lowest BCUT2D eigenvalue weighted by atomic mass is 10.2. The average Bonchev–Trinajstić information content (AvgIpc) is 2.69. The molecule has 1 N–H and O–H groups in total. The number of aromatic nitrogens is 3.